The second-order valence-corrected chi connectivity index (χ2v) is 6.41. The van der Waals surface area contributed by atoms with Gasteiger partial charge in [-0.1, -0.05) is 6.07 Å². The summed E-state index contributed by atoms with van der Waals surface area (Å²) in [6.45, 7) is -0.449. The first kappa shape index (κ1) is 15.2. The van der Waals surface area contributed by atoms with Crippen LogP contribution >= 0.6 is 43.2 Å². The number of hydrogen-bond acceptors (Lipinski definition) is 4. The van der Waals surface area contributed by atoms with Gasteiger partial charge in [-0.15, -0.1) is 11.3 Å². The summed E-state index contributed by atoms with van der Waals surface area (Å²) in [6, 6.07) is 6.80. The number of thiophene rings is 1. The Hall–Kier alpha value is -1.18. The molecule has 0 saturated carbocycles. The molecule has 4 nitrogen and oxygen atoms in total. The lowest BCUT2D eigenvalue weighted by molar-refractivity contribution is -0.139. The summed E-state index contributed by atoms with van der Waals surface area (Å²) in [5, 5.41) is 10.5. The maximum Gasteiger partial charge on any atom is 0.341 e. The Bertz CT molecular complexity index is 629. The molecule has 0 amide bonds. The van der Waals surface area contributed by atoms with Crippen LogP contribution in [0.3, 0.4) is 0 Å². The maximum atomic E-state index is 12.2. The highest BCUT2D eigenvalue weighted by Crippen LogP contribution is 2.35. The number of carboxylic acids is 1. The number of carbonyl (C=O) groups is 2. The smallest absolute Gasteiger partial charge is 0.341 e. The third-order valence-corrected chi connectivity index (χ3v) is 4.39. The molecule has 0 spiro atoms. The molecule has 2 rings (SSSR count). The number of rotatable bonds is 5. The molecule has 1 heterocycles. The van der Waals surface area contributed by atoms with Crippen molar-refractivity contribution in [2.45, 2.75) is 0 Å². The summed E-state index contributed by atoms with van der Waals surface area (Å²) in [5.41, 5.74) is 0.494. The molecule has 1 aromatic heterocycles. The molecule has 0 saturated heterocycles. The van der Waals surface area contributed by atoms with Crippen LogP contribution in [0.2, 0.25) is 0 Å². The molecule has 2 aromatic rings. The fourth-order valence-corrected chi connectivity index (χ4v) is 3.61. The topological polar surface area (TPSA) is 63.6 Å². The van der Waals surface area contributed by atoms with Gasteiger partial charge in [0.25, 0.3) is 0 Å². The molecule has 0 unspecified atom stereocenters. The molecule has 0 aliphatic carbocycles. The molecule has 20 heavy (non-hydrogen) atoms. The summed E-state index contributed by atoms with van der Waals surface area (Å²) < 4.78 is 6.20. The maximum absolute atomic E-state index is 12.2. The van der Waals surface area contributed by atoms with E-state index in [9.17, 15) is 9.59 Å². The molecular weight excluding hydrogens is 412 g/mol. The first-order valence-corrected chi connectivity index (χ1v) is 7.87. The van der Waals surface area contributed by atoms with Crippen molar-refractivity contribution in [2.24, 2.45) is 0 Å². The Balaban J connectivity index is 2.30. The predicted octanol–water partition coefficient (Wildman–Crippen LogP) is 3.97. The van der Waals surface area contributed by atoms with Crippen molar-refractivity contribution in [3.05, 3.63) is 49.0 Å². The van der Waals surface area contributed by atoms with E-state index < -0.39 is 12.6 Å². The third kappa shape index (κ3) is 3.47. The molecule has 0 aliphatic heterocycles. The van der Waals surface area contributed by atoms with Crippen molar-refractivity contribution in [2.75, 3.05) is 6.61 Å². The van der Waals surface area contributed by atoms with E-state index in [-0.39, 0.29) is 5.78 Å². The fraction of sp³-hybridized carbons (Fsp3) is 0.0769. The van der Waals surface area contributed by atoms with E-state index in [2.05, 4.69) is 31.9 Å². The average molecular weight is 420 g/mol. The first-order chi connectivity index (χ1) is 9.49. The molecule has 0 radical (unpaired) electrons. The minimum absolute atomic E-state index is 0.0915. The zero-order valence-corrected chi connectivity index (χ0v) is 13.9. The monoisotopic (exact) mass is 418 g/mol. The highest BCUT2D eigenvalue weighted by atomic mass is 79.9. The molecule has 0 atom stereocenters. The van der Waals surface area contributed by atoms with Gasteiger partial charge in [-0.05, 0) is 55.4 Å². The van der Waals surface area contributed by atoms with Crippen molar-refractivity contribution >= 4 is 54.9 Å². The van der Waals surface area contributed by atoms with E-state index in [1.807, 2.05) is 11.4 Å². The Labute approximate surface area is 135 Å². The zero-order valence-electron chi connectivity index (χ0n) is 9.93. The normalized spacial score (nSPS) is 10.3. The molecule has 7 heteroatoms. The number of carbonyl (C=O) groups excluding carboxylic acids is 1. The van der Waals surface area contributed by atoms with Gasteiger partial charge in [0.2, 0.25) is 5.78 Å². The minimum Gasteiger partial charge on any atom is -0.480 e. The standard InChI is InChI=1S/C13H8Br2O4S/c14-8-4-7(12(18)10-2-1-3-20-10)5-9(15)13(8)19-6-11(16)17/h1-5H,6H2,(H,16,17). The summed E-state index contributed by atoms with van der Waals surface area (Å²) >= 11 is 7.93. The van der Waals surface area contributed by atoms with Crippen molar-refractivity contribution in [1.29, 1.82) is 0 Å². The lowest BCUT2D eigenvalue weighted by atomic mass is 10.1. The molecule has 0 bridgehead atoms. The minimum atomic E-state index is -1.07. The second kappa shape index (κ2) is 6.51. The van der Waals surface area contributed by atoms with Crippen molar-refractivity contribution < 1.29 is 19.4 Å². The van der Waals surface area contributed by atoms with Crippen LogP contribution in [-0.2, 0) is 4.79 Å². The van der Waals surface area contributed by atoms with E-state index in [0.717, 1.165) is 0 Å². The van der Waals surface area contributed by atoms with Crippen LogP contribution in [0, 0.1) is 0 Å². The lowest BCUT2D eigenvalue weighted by Crippen LogP contribution is -2.10. The van der Waals surface area contributed by atoms with Crippen LogP contribution in [0.25, 0.3) is 0 Å². The van der Waals surface area contributed by atoms with Crippen LogP contribution in [0.1, 0.15) is 15.2 Å². The lowest BCUT2D eigenvalue weighted by Gasteiger charge is -2.10. The molecule has 0 aliphatic rings. The van der Waals surface area contributed by atoms with Crippen LogP contribution < -0.4 is 4.74 Å². The Kier molecular flexibility index (Phi) is 4.95. The number of halogens is 2. The Morgan fingerprint density at radius 3 is 2.40 bits per heavy atom. The van der Waals surface area contributed by atoms with Crippen LogP contribution in [0.15, 0.2) is 38.6 Å². The number of ether oxygens (including phenoxy) is 1. The fourth-order valence-electron chi connectivity index (χ4n) is 1.51. The summed E-state index contributed by atoms with van der Waals surface area (Å²) in [6.07, 6.45) is 0. The van der Waals surface area contributed by atoms with Crippen LogP contribution in [0.4, 0.5) is 0 Å². The quantitative estimate of drug-likeness (QED) is 0.744. The van der Waals surface area contributed by atoms with E-state index >= 15 is 0 Å². The van der Waals surface area contributed by atoms with Gasteiger partial charge in [-0.25, -0.2) is 4.79 Å². The van der Waals surface area contributed by atoms with E-state index in [0.29, 0.717) is 25.1 Å². The highest BCUT2D eigenvalue weighted by molar-refractivity contribution is 9.11. The Morgan fingerprint density at radius 1 is 1.25 bits per heavy atom. The van der Waals surface area contributed by atoms with Gasteiger partial charge in [0.05, 0.1) is 13.8 Å². The van der Waals surface area contributed by atoms with Crippen molar-refractivity contribution in [3.63, 3.8) is 0 Å². The molecule has 1 aromatic carbocycles. The predicted molar refractivity (Wildman–Crippen MR) is 82.7 cm³/mol. The van der Waals surface area contributed by atoms with Gasteiger partial charge in [0.1, 0.15) is 5.75 Å². The number of aliphatic carboxylic acids is 1. The van der Waals surface area contributed by atoms with Crippen LogP contribution in [-0.4, -0.2) is 23.5 Å². The third-order valence-electron chi connectivity index (χ3n) is 2.35. The molecule has 0 fully saturated rings. The molecule has 104 valence electrons. The van der Waals surface area contributed by atoms with Crippen molar-refractivity contribution in [3.8, 4) is 5.75 Å². The number of carboxylic acid groups (broad SMARTS) is 1. The average Bonchev–Trinajstić information content (AvgIpc) is 2.90. The van der Waals surface area contributed by atoms with Gasteiger partial charge in [0, 0.05) is 5.56 Å². The van der Waals surface area contributed by atoms with Gasteiger partial charge in [-0.3, -0.25) is 4.79 Å². The Morgan fingerprint density at radius 2 is 1.90 bits per heavy atom. The summed E-state index contributed by atoms with van der Waals surface area (Å²) in [7, 11) is 0. The number of hydrogen-bond donors (Lipinski definition) is 1. The number of benzene rings is 1. The number of ketones is 1. The zero-order chi connectivity index (χ0) is 14.7. The van der Waals surface area contributed by atoms with Gasteiger partial charge in [-0.2, -0.15) is 0 Å². The van der Waals surface area contributed by atoms with Gasteiger partial charge >= 0.3 is 5.97 Å². The van der Waals surface area contributed by atoms with E-state index in [1.54, 1.807) is 18.2 Å². The van der Waals surface area contributed by atoms with Gasteiger partial charge < -0.3 is 9.84 Å². The van der Waals surface area contributed by atoms with E-state index in [4.69, 9.17) is 9.84 Å². The molecular formula is C13H8Br2O4S. The SMILES string of the molecule is O=C(O)COc1c(Br)cc(C(=O)c2cccs2)cc1Br. The van der Waals surface area contributed by atoms with Crippen molar-refractivity contribution in [1.82, 2.24) is 0 Å². The van der Waals surface area contributed by atoms with Gasteiger partial charge in [0.15, 0.2) is 6.61 Å². The first-order valence-electron chi connectivity index (χ1n) is 5.41. The molecule has 1 N–H and O–H groups in total. The van der Waals surface area contributed by atoms with Crippen LogP contribution in [0.5, 0.6) is 5.75 Å². The summed E-state index contributed by atoms with van der Waals surface area (Å²) in [5.74, 6) is -0.802. The second-order valence-electron chi connectivity index (χ2n) is 3.76. The van der Waals surface area contributed by atoms with E-state index in [1.165, 1.54) is 11.3 Å². The largest absolute Gasteiger partial charge is 0.480 e. The summed E-state index contributed by atoms with van der Waals surface area (Å²) in [4.78, 5) is 23.4. The highest BCUT2D eigenvalue weighted by Gasteiger charge is 2.16.